The van der Waals surface area contributed by atoms with E-state index < -0.39 is 11.7 Å². The van der Waals surface area contributed by atoms with Gasteiger partial charge in [0.15, 0.2) is 0 Å². The monoisotopic (exact) mass is 284 g/mol. The second-order valence-corrected chi connectivity index (χ2v) is 7.03. The molecule has 1 unspecified atom stereocenters. The number of nitrogens with zero attached hydrogens (tertiary/aromatic N) is 2. The summed E-state index contributed by atoms with van der Waals surface area (Å²) < 4.78 is 5.48. The summed E-state index contributed by atoms with van der Waals surface area (Å²) in [5.41, 5.74) is -0.488. The van der Waals surface area contributed by atoms with Crippen molar-refractivity contribution >= 4 is 6.09 Å². The molecule has 0 radical (unpaired) electrons. The van der Waals surface area contributed by atoms with Crippen molar-refractivity contribution in [1.29, 1.82) is 0 Å². The van der Waals surface area contributed by atoms with Crippen LogP contribution in [0.3, 0.4) is 0 Å². The lowest BCUT2D eigenvalue weighted by molar-refractivity contribution is -0.0174. The zero-order valence-corrected chi connectivity index (χ0v) is 13.0. The van der Waals surface area contributed by atoms with Crippen LogP contribution in [-0.2, 0) is 4.74 Å². The van der Waals surface area contributed by atoms with Gasteiger partial charge in [-0.05, 0) is 59.5 Å². The molecule has 2 aliphatic rings. The highest BCUT2D eigenvalue weighted by Gasteiger charge is 2.34. The molecule has 2 saturated heterocycles. The van der Waals surface area contributed by atoms with Crippen LogP contribution in [0.4, 0.5) is 4.79 Å². The Balaban J connectivity index is 1.97. The van der Waals surface area contributed by atoms with Crippen molar-refractivity contribution < 1.29 is 14.6 Å². The summed E-state index contributed by atoms with van der Waals surface area (Å²) in [5.74, 6) is 0. The predicted molar refractivity (Wildman–Crippen MR) is 77.6 cm³/mol. The van der Waals surface area contributed by atoms with Crippen LogP contribution in [0.1, 0.15) is 46.5 Å². The van der Waals surface area contributed by atoms with E-state index in [4.69, 9.17) is 4.74 Å². The molecule has 0 aromatic carbocycles. The van der Waals surface area contributed by atoms with E-state index in [0.29, 0.717) is 6.54 Å². The third-order valence-corrected chi connectivity index (χ3v) is 3.98. The number of carbonyl (C=O) groups excluding carboxylic acids is 1. The van der Waals surface area contributed by atoms with E-state index in [-0.39, 0.29) is 12.1 Å². The van der Waals surface area contributed by atoms with Gasteiger partial charge in [-0.3, -0.25) is 0 Å². The smallest absolute Gasteiger partial charge is 0.410 e. The number of hydrogen-bond donors (Lipinski definition) is 1. The molecular weight excluding hydrogens is 256 g/mol. The van der Waals surface area contributed by atoms with E-state index in [1.54, 1.807) is 4.90 Å². The number of carbonyl (C=O) groups is 1. The summed E-state index contributed by atoms with van der Waals surface area (Å²) in [7, 11) is 0. The van der Waals surface area contributed by atoms with E-state index in [1.807, 2.05) is 20.8 Å². The van der Waals surface area contributed by atoms with Crippen LogP contribution in [0, 0.1) is 0 Å². The van der Waals surface area contributed by atoms with E-state index in [9.17, 15) is 9.90 Å². The Morgan fingerprint density at radius 3 is 2.50 bits per heavy atom. The highest BCUT2D eigenvalue weighted by Crippen LogP contribution is 2.22. The van der Waals surface area contributed by atoms with Crippen molar-refractivity contribution in [3.63, 3.8) is 0 Å². The van der Waals surface area contributed by atoms with E-state index in [2.05, 4.69) is 4.90 Å². The van der Waals surface area contributed by atoms with Gasteiger partial charge >= 0.3 is 6.09 Å². The Labute approximate surface area is 121 Å². The molecular formula is C15H28N2O3. The maximum absolute atomic E-state index is 12.3. The van der Waals surface area contributed by atoms with Gasteiger partial charge in [0, 0.05) is 12.6 Å². The Hall–Kier alpha value is -0.810. The topological polar surface area (TPSA) is 53.0 Å². The molecule has 0 aliphatic carbocycles. The Kier molecular flexibility index (Phi) is 4.91. The minimum absolute atomic E-state index is 0.173. The number of aliphatic hydroxyl groups is 1. The molecule has 116 valence electrons. The first-order chi connectivity index (χ1) is 9.35. The fourth-order valence-electron chi connectivity index (χ4n) is 3.01. The fourth-order valence-corrected chi connectivity index (χ4v) is 3.01. The van der Waals surface area contributed by atoms with Crippen molar-refractivity contribution in [3.8, 4) is 0 Å². The molecule has 0 aromatic rings. The number of rotatable bonds is 2. The quantitative estimate of drug-likeness (QED) is 0.840. The maximum Gasteiger partial charge on any atom is 0.410 e. The second kappa shape index (κ2) is 6.31. The molecule has 2 fully saturated rings. The first kappa shape index (κ1) is 15.6. The molecule has 2 heterocycles. The van der Waals surface area contributed by atoms with Crippen LogP contribution < -0.4 is 0 Å². The van der Waals surface area contributed by atoms with Crippen LogP contribution in [0.2, 0.25) is 0 Å². The highest BCUT2D eigenvalue weighted by molar-refractivity contribution is 5.68. The molecule has 0 saturated carbocycles. The lowest BCUT2D eigenvalue weighted by Gasteiger charge is -2.40. The first-order valence-corrected chi connectivity index (χ1v) is 7.75. The summed E-state index contributed by atoms with van der Waals surface area (Å²) in [4.78, 5) is 16.5. The zero-order chi connectivity index (χ0) is 14.8. The first-order valence-electron chi connectivity index (χ1n) is 7.75. The molecule has 0 spiro atoms. The highest BCUT2D eigenvalue weighted by atomic mass is 16.6. The Morgan fingerprint density at radius 1 is 1.25 bits per heavy atom. The average Bonchev–Trinajstić information content (AvgIpc) is 2.82. The van der Waals surface area contributed by atoms with Crippen molar-refractivity contribution in [3.05, 3.63) is 0 Å². The van der Waals surface area contributed by atoms with Gasteiger partial charge in [-0.1, -0.05) is 0 Å². The molecule has 20 heavy (non-hydrogen) atoms. The summed E-state index contributed by atoms with van der Waals surface area (Å²) >= 11 is 0. The van der Waals surface area contributed by atoms with Gasteiger partial charge in [0.25, 0.3) is 0 Å². The standard InChI is InChI=1S/C15H28N2O3/c1-15(2,3)20-14(19)17-11-13(18)7-6-12(17)10-16-8-4-5-9-16/h12-13,18H,4-11H2,1-3H3/t12?,13-/m1/s1. The van der Waals surface area contributed by atoms with Crippen molar-refractivity contribution in [2.75, 3.05) is 26.2 Å². The third kappa shape index (κ3) is 4.35. The van der Waals surface area contributed by atoms with Crippen molar-refractivity contribution in [1.82, 2.24) is 9.80 Å². The van der Waals surface area contributed by atoms with Gasteiger partial charge in [0.2, 0.25) is 0 Å². The Morgan fingerprint density at radius 2 is 1.90 bits per heavy atom. The van der Waals surface area contributed by atoms with Gasteiger partial charge in [-0.15, -0.1) is 0 Å². The largest absolute Gasteiger partial charge is 0.444 e. The molecule has 5 nitrogen and oxygen atoms in total. The average molecular weight is 284 g/mol. The van der Waals surface area contributed by atoms with Crippen LogP contribution in [-0.4, -0.2) is 64.9 Å². The number of hydrogen-bond acceptors (Lipinski definition) is 4. The van der Waals surface area contributed by atoms with Gasteiger partial charge in [0.05, 0.1) is 12.6 Å². The minimum Gasteiger partial charge on any atom is -0.444 e. The number of amides is 1. The normalized spacial score (nSPS) is 28.7. The third-order valence-electron chi connectivity index (χ3n) is 3.98. The summed E-state index contributed by atoms with van der Waals surface area (Å²) in [6, 6.07) is 0.173. The number of ether oxygens (including phenoxy) is 1. The molecule has 0 bridgehead atoms. The number of β-amino-alcohol motifs (C(OH)–C–C–N with tert-alkyl or cyclic N) is 1. The van der Waals surface area contributed by atoms with Crippen molar-refractivity contribution in [2.24, 2.45) is 0 Å². The lowest BCUT2D eigenvalue weighted by atomic mass is 10.00. The summed E-state index contributed by atoms with van der Waals surface area (Å²) in [6.45, 7) is 9.18. The molecule has 1 N–H and O–H groups in total. The van der Waals surface area contributed by atoms with Crippen LogP contribution in [0.5, 0.6) is 0 Å². The molecule has 2 atom stereocenters. The predicted octanol–water partition coefficient (Wildman–Crippen LogP) is 1.84. The van der Waals surface area contributed by atoms with E-state index >= 15 is 0 Å². The number of likely N-dealkylation sites (tertiary alicyclic amines) is 2. The molecule has 0 aromatic heterocycles. The maximum atomic E-state index is 12.3. The molecule has 5 heteroatoms. The van der Waals surface area contributed by atoms with E-state index in [1.165, 1.54) is 12.8 Å². The number of piperidine rings is 1. The van der Waals surface area contributed by atoms with Gasteiger partial charge in [-0.25, -0.2) is 4.79 Å². The van der Waals surface area contributed by atoms with Crippen LogP contribution in [0.15, 0.2) is 0 Å². The van der Waals surface area contributed by atoms with Gasteiger partial charge in [-0.2, -0.15) is 0 Å². The molecule has 2 aliphatic heterocycles. The zero-order valence-electron chi connectivity index (χ0n) is 13.0. The number of aliphatic hydroxyl groups excluding tert-OH is 1. The lowest BCUT2D eigenvalue weighted by Crippen LogP contribution is -2.53. The van der Waals surface area contributed by atoms with Crippen LogP contribution >= 0.6 is 0 Å². The summed E-state index contributed by atoms with van der Waals surface area (Å²) in [5, 5.41) is 9.84. The summed E-state index contributed by atoms with van der Waals surface area (Å²) in [6.07, 6.45) is 3.43. The van der Waals surface area contributed by atoms with Gasteiger partial charge in [0.1, 0.15) is 5.60 Å². The SMILES string of the molecule is CC(C)(C)OC(=O)N1C[C@H](O)CCC1CN1CCCC1. The Bertz CT molecular complexity index is 335. The van der Waals surface area contributed by atoms with Gasteiger partial charge < -0.3 is 19.6 Å². The molecule has 1 amide bonds. The van der Waals surface area contributed by atoms with Crippen molar-refractivity contribution in [2.45, 2.75) is 64.2 Å². The molecule has 2 rings (SSSR count). The minimum atomic E-state index is -0.488. The second-order valence-electron chi connectivity index (χ2n) is 7.03. The van der Waals surface area contributed by atoms with Crippen LogP contribution in [0.25, 0.3) is 0 Å². The van der Waals surface area contributed by atoms with E-state index in [0.717, 1.165) is 32.5 Å². The fraction of sp³-hybridized carbons (Fsp3) is 0.933.